The van der Waals surface area contributed by atoms with Crippen LogP contribution in [0.5, 0.6) is 0 Å². The number of carbonyl (C=O) groups excluding carboxylic acids is 3. The Balaban J connectivity index is 4.25. The Hall–Kier alpha value is -1.59. The zero-order chi connectivity index (χ0) is 46.8. The maximum absolute atomic E-state index is 12.8. The van der Waals surface area contributed by atoms with Gasteiger partial charge in [-0.2, -0.15) is 0 Å². The molecule has 0 heterocycles. The number of hydrogen-bond donors (Lipinski definition) is 0. The summed E-state index contributed by atoms with van der Waals surface area (Å²) in [5.74, 6) is 0.791. The van der Waals surface area contributed by atoms with Crippen molar-refractivity contribution in [3.63, 3.8) is 0 Å². The number of rotatable bonds is 52. The quantitative estimate of drug-likeness (QED) is 0.0344. The molecule has 0 spiro atoms. The van der Waals surface area contributed by atoms with Gasteiger partial charge in [0, 0.05) is 19.3 Å². The molecule has 1 atom stereocenters. The molecule has 6 heteroatoms. The van der Waals surface area contributed by atoms with Crippen molar-refractivity contribution < 1.29 is 28.6 Å². The summed E-state index contributed by atoms with van der Waals surface area (Å²) in [5, 5.41) is 0. The van der Waals surface area contributed by atoms with E-state index < -0.39 is 6.10 Å². The van der Waals surface area contributed by atoms with Crippen molar-refractivity contribution in [2.24, 2.45) is 11.8 Å². The molecular weight excluding hydrogens is 793 g/mol. The minimum Gasteiger partial charge on any atom is -0.462 e. The number of hydrogen-bond acceptors (Lipinski definition) is 6. The molecule has 0 aromatic carbocycles. The van der Waals surface area contributed by atoms with Gasteiger partial charge in [-0.3, -0.25) is 14.4 Å². The van der Waals surface area contributed by atoms with Gasteiger partial charge in [0.15, 0.2) is 6.10 Å². The summed E-state index contributed by atoms with van der Waals surface area (Å²) >= 11 is 0. The first kappa shape index (κ1) is 62.4. The molecule has 0 fully saturated rings. The lowest BCUT2D eigenvalue weighted by Crippen LogP contribution is -2.30. The molecule has 0 radical (unpaired) electrons. The maximum atomic E-state index is 12.8. The van der Waals surface area contributed by atoms with Crippen molar-refractivity contribution in [1.82, 2.24) is 0 Å². The standard InChI is InChI=1S/C58H112O6/c1-6-7-8-9-10-11-12-13-14-15-16-17-18-21-24-27-33-38-43-48-56(59)62-51-55(52-63-57(60)49-44-39-34-30-29-32-37-42-47-54(4)5)64-58(61)50-45-40-35-28-25-22-19-20-23-26-31-36-41-46-53(2)3/h53-55H,6-52H2,1-5H3/t55-/m1/s1. The lowest BCUT2D eigenvalue weighted by atomic mass is 10.0. The van der Waals surface area contributed by atoms with Gasteiger partial charge < -0.3 is 14.2 Å². The van der Waals surface area contributed by atoms with E-state index in [-0.39, 0.29) is 31.1 Å². The van der Waals surface area contributed by atoms with Crippen LogP contribution in [0.1, 0.15) is 324 Å². The van der Waals surface area contributed by atoms with Gasteiger partial charge in [-0.1, -0.05) is 285 Å². The van der Waals surface area contributed by atoms with E-state index >= 15 is 0 Å². The zero-order valence-electron chi connectivity index (χ0n) is 43.9. The zero-order valence-corrected chi connectivity index (χ0v) is 43.9. The summed E-state index contributed by atoms with van der Waals surface area (Å²) in [4.78, 5) is 38.1. The minimum absolute atomic E-state index is 0.0632. The van der Waals surface area contributed by atoms with Crippen LogP contribution in [0.15, 0.2) is 0 Å². The first-order valence-corrected chi connectivity index (χ1v) is 28.7. The predicted octanol–water partition coefficient (Wildman–Crippen LogP) is 18.9. The summed E-state index contributed by atoms with van der Waals surface area (Å²) < 4.78 is 16.9. The minimum atomic E-state index is -0.763. The highest BCUT2D eigenvalue weighted by molar-refractivity contribution is 5.71. The normalized spacial score (nSPS) is 12.0. The monoisotopic (exact) mass is 905 g/mol. The van der Waals surface area contributed by atoms with Gasteiger partial charge >= 0.3 is 17.9 Å². The molecule has 0 saturated heterocycles. The van der Waals surface area contributed by atoms with Crippen molar-refractivity contribution in [2.45, 2.75) is 330 Å². The van der Waals surface area contributed by atoms with Crippen molar-refractivity contribution in [3.05, 3.63) is 0 Å². The Morgan fingerprint density at radius 3 is 0.766 bits per heavy atom. The Morgan fingerprint density at radius 2 is 0.516 bits per heavy atom. The summed E-state index contributed by atoms with van der Waals surface area (Å²) in [7, 11) is 0. The van der Waals surface area contributed by atoms with Crippen molar-refractivity contribution in [1.29, 1.82) is 0 Å². The fraction of sp³-hybridized carbons (Fsp3) is 0.948. The van der Waals surface area contributed by atoms with E-state index in [0.717, 1.165) is 69.6 Å². The van der Waals surface area contributed by atoms with Crippen LogP contribution in [0.2, 0.25) is 0 Å². The molecule has 0 bridgehead atoms. The van der Waals surface area contributed by atoms with Gasteiger partial charge in [0.2, 0.25) is 0 Å². The van der Waals surface area contributed by atoms with E-state index in [9.17, 15) is 14.4 Å². The topological polar surface area (TPSA) is 78.9 Å². The predicted molar refractivity (Wildman–Crippen MR) is 275 cm³/mol. The lowest BCUT2D eigenvalue weighted by Gasteiger charge is -2.18. The molecule has 6 nitrogen and oxygen atoms in total. The summed E-state index contributed by atoms with van der Waals surface area (Å²) in [6.45, 7) is 11.4. The summed E-state index contributed by atoms with van der Waals surface area (Å²) in [6, 6.07) is 0. The molecule has 0 aromatic rings. The van der Waals surface area contributed by atoms with Crippen LogP contribution in [0.4, 0.5) is 0 Å². The largest absolute Gasteiger partial charge is 0.462 e. The molecule has 0 aliphatic rings. The first-order valence-electron chi connectivity index (χ1n) is 28.7. The highest BCUT2D eigenvalue weighted by Gasteiger charge is 2.19. The highest BCUT2D eigenvalue weighted by atomic mass is 16.6. The van der Waals surface area contributed by atoms with Crippen molar-refractivity contribution in [2.75, 3.05) is 13.2 Å². The molecule has 0 N–H and O–H groups in total. The summed E-state index contributed by atoms with van der Waals surface area (Å²) in [5.41, 5.74) is 0. The van der Waals surface area contributed by atoms with Gasteiger partial charge in [-0.15, -0.1) is 0 Å². The molecule has 380 valence electrons. The molecular formula is C58H112O6. The van der Waals surface area contributed by atoms with Gasteiger partial charge in [0.05, 0.1) is 0 Å². The fourth-order valence-corrected chi connectivity index (χ4v) is 8.87. The number of esters is 3. The molecule has 0 unspecified atom stereocenters. The van der Waals surface area contributed by atoms with Crippen LogP contribution in [0.3, 0.4) is 0 Å². The second kappa shape index (κ2) is 50.8. The Kier molecular flexibility index (Phi) is 49.6. The second-order valence-electron chi connectivity index (χ2n) is 20.9. The first-order chi connectivity index (χ1) is 31.2. The third kappa shape index (κ3) is 51.4. The van der Waals surface area contributed by atoms with Gasteiger partial charge in [-0.05, 0) is 31.1 Å². The molecule has 0 rings (SSSR count). The van der Waals surface area contributed by atoms with E-state index in [1.807, 2.05) is 0 Å². The third-order valence-electron chi connectivity index (χ3n) is 13.2. The second-order valence-corrected chi connectivity index (χ2v) is 20.9. The smallest absolute Gasteiger partial charge is 0.306 e. The lowest BCUT2D eigenvalue weighted by molar-refractivity contribution is -0.167. The van der Waals surface area contributed by atoms with Crippen molar-refractivity contribution in [3.8, 4) is 0 Å². The molecule has 64 heavy (non-hydrogen) atoms. The SMILES string of the molecule is CCCCCCCCCCCCCCCCCCCCCC(=O)OC[C@H](COC(=O)CCCCCCCCCCC(C)C)OC(=O)CCCCCCCCCCCCCCCC(C)C. The Bertz CT molecular complexity index is 978. The average Bonchev–Trinajstić information content (AvgIpc) is 3.27. The van der Waals surface area contributed by atoms with Gasteiger partial charge in [-0.25, -0.2) is 0 Å². The van der Waals surface area contributed by atoms with E-state index in [1.165, 1.54) is 212 Å². The average molecular weight is 906 g/mol. The molecule has 0 saturated carbocycles. The number of unbranched alkanes of at least 4 members (excludes halogenated alkanes) is 37. The third-order valence-corrected chi connectivity index (χ3v) is 13.2. The molecule has 0 aromatic heterocycles. The van der Waals surface area contributed by atoms with Gasteiger partial charge in [0.25, 0.3) is 0 Å². The molecule has 0 amide bonds. The van der Waals surface area contributed by atoms with E-state index in [0.29, 0.717) is 19.3 Å². The van der Waals surface area contributed by atoms with E-state index in [4.69, 9.17) is 14.2 Å². The Morgan fingerprint density at radius 1 is 0.297 bits per heavy atom. The molecule has 0 aliphatic carbocycles. The van der Waals surface area contributed by atoms with Gasteiger partial charge in [0.1, 0.15) is 13.2 Å². The summed E-state index contributed by atoms with van der Waals surface area (Å²) in [6.07, 6.45) is 53.9. The van der Waals surface area contributed by atoms with Crippen LogP contribution >= 0.6 is 0 Å². The van der Waals surface area contributed by atoms with E-state index in [2.05, 4.69) is 34.6 Å². The molecule has 0 aliphatic heterocycles. The van der Waals surface area contributed by atoms with Crippen LogP contribution < -0.4 is 0 Å². The van der Waals surface area contributed by atoms with Crippen LogP contribution in [-0.2, 0) is 28.6 Å². The van der Waals surface area contributed by atoms with E-state index in [1.54, 1.807) is 0 Å². The number of ether oxygens (including phenoxy) is 3. The highest BCUT2D eigenvalue weighted by Crippen LogP contribution is 2.18. The number of carbonyl (C=O) groups is 3. The van der Waals surface area contributed by atoms with Crippen LogP contribution in [-0.4, -0.2) is 37.2 Å². The van der Waals surface area contributed by atoms with Crippen molar-refractivity contribution >= 4 is 17.9 Å². The van der Waals surface area contributed by atoms with Crippen LogP contribution in [0, 0.1) is 11.8 Å². The fourth-order valence-electron chi connectivity index (χ4n) is 8.87. The maximum Gasteiger partial charge on any atom is 0.306 e. The van der Waals surface area contributed by atoms with Crippen LogP contribution in [0.25, 0.3) is 0 Å². The Labute approximate surface area is 399 Å².